The molecule has 0 aromatic carbocycles. The van der Waals surface area contributed by atoms with E-state index in [1.165, 1.54) is 0 Å². The van der Waals surface area contributed by atoms with E-state index in [-0.39, 0.29) is 36.6 Å². The molecule has 0 spiro atoms. The first-order chi connectivity index (χ1) is 7.44. The lowest BCUT2D eigenvalue weighted by molar-refractivity contribution is -0.0201. The largest absolute Gasteiger partial charge is 0.385 e. The van der Waals surface area contributed by atoms with Gasteiger partial charge in [0.2, 0.25) is 0 Å². The van der Waals surface area contributed by atoms with E-state index in [1.807, 2.05) is 13.8 Å². The monoisotopic (exact) mass is 355 g/mol. The Balaban J connectivity index is 0.00000256. The van der Waals surface area contributed by atoms with Gasteiger partial charge in [0, 0.05) is 19.6 Å². The molecule has 2 atom stereocenters. The van der Waals surface area contributed by atoms with E-state index in [0.29, 0.717) is 25.5 Å². The Labute approximate surface area is 120 Å². The van der Waals surface area contributed by atoms with Gasteiger partial charge in [0.25, 0.3) is 0 Å². The van der Waals surface area contributed by atoms with Crippen molar-refractivity contribution >= 4 is 29.9 Å². The van der Waals surface area contributed by atoms with Gasteiger partial charge in [-0.2, -0.15) is 0 Å². The average molecular weight is 355 g/mol. The third kappa shape index (κ3) is 5.22. The van der Waals surface area contributed by atoms with Gasteiger partial charge in [-0.3, -0.25) is 4.99 Å². The molecule has 0 amide bonds. The van der Waals surface area contributed by atoms with Crippen LogP contribution in [0.15, 0.2) is 17.1 Å². The molecule has 1 fully saturated rings. The molecule has 1 saturated heterocycles. The summed E-state index contributed by atoms with van der Waals surface area (Å²) in [5, 5.41) is 13.1. The lowest BCUT2D eigenvalue weighted by Crippen LogP contribution is -2.41. The van der Waals surface area contributed by atoms with Gasteiger partial charge in [-0.25, -0.2) is 0 Å². The average Bonchev–Trinajstić information content (AvgIpc) is 2.54. The quantitative estimate of drug-likeness (QED) is 0.299. The highest BCUT2D eigenvalue weighted by Gasteiger charge is 2.39. The van der Waals surface area contributed by atoms with Crippen molar-refractivity contribution in [1.82, 2.24) is 5.32 Å². The third-order valence-electron chi connectivity index (χ3n) is 2.75. The topological polar surface area (TPSA) is 79.9 Å². The van der Waals surface area contributed by atoms with Crippen LogP contribution in [-0.2, 0) is 4.74 Å². The van der Waals surface area contributed by atoms with E-state index < -0.39 is 5.60 Å². The summed E-state index contributed by atoms with van der Waals surface area (Å²) in [4.78, 5) is 4.11. The number of nitrogens with zero attached hydrogens (tertiary/aromatic N) is 1. The van der Waals surface area contributed by atoms with Crippen LogP contribution in [0.2, 0.25) is 0 Å². The minimum atomic E-state index is -0.879. The van der Waals surface area contributed by atoms with Gasteiger partial charge in [0.15, 0.2) is 5.96 Å². The number of ether oxygens (including phenoxy) is 1. The Morgan fingerprint density at radius 1 is 1.71 bits per heavy atom. The Bertz CT molecular complexity index is 296. The van der Waals surface area contributed by atoms with Crippen molar-refractivity contribution in [2.45, 2.75) is 32.0 Å². The summed E-state index contributed by atoms with van der Waals surface area (Å²) in [6, 6.07) is 0. The van der Waals surface area contributed by atoms with Crippen molar-refractivity contribution < 1.29 is 9.84 Å². The Hall–Kier alpha value is -0.340. The van der Waals surface area contributed by atoms with Crippen LogP contribution in [0.25, 0.3) is 0 Å². The molecule has 0 aromatic rings. The van der Waals surface area contributed by atoms with Gasteiger partial charge in [0.05, 0.1) is 12.6 Å². The number of rotatable bonds is 4. The molecule has 1 heterocycles. The standard InChI is InChI=1S/C11H21N3O2.HI/c1-8(2)6-13-10(12)14-7-11(15)4-5-16-9(11)3;/h9,15H,1,4-7H2,2-3H3,(H3,12,13,14);1H. The molecule has 100 valence electrons. The fourth-order valence-electron chi connectivity index (χ4n) is 1.50. The number of hydrogen-bond acceptors (Lipinski definition) is 3. The normalized spacial score (nSPS) is 28.6. The van der Waals surface area contributed by atoms with Gasteiger partial charge >= 0.3 is 0 Å². The van der Waals surface area contributed by atoms with E-state index in [1.54, 1.807) is 0 Å². The maximum absolute atomic E-state index is 10.2. The highest BCUT2D eigenvalue weighted by molar-refractivity contribution is 14.0. The van der Waals surface area contributed by atoms with Crippen LogP contribution in [0, 0.1) is 0 Å². The molecule has 17 heavy (non-hydrogen) atoms. The lowest BCUT2D eigenvalue weighted by Gasteiger charge is -2.23. The third-order valence-corrected chi connectivity index (χ3v) is 2.75. The Morgan fingerprint density at radius 2 is 2.35 bits per heavy atom. The number of hydrogen-bond donors (Lipinski definition) is 3. The Kier molecular flexibility index (Phi) is 7.03. The smallest absolute Gasteiger partial charge is 0.188 e. The SMILES string of the molecule is C=C(C)CNC(N)=NCC1(O)CCOC1C.I. The molecular weight excluding hydrogens is 333 g/mol. The molecular formula is C11H22IN3O2. The molecule has 5 nitrogen and oxygen atoms in total. The molecule has 0 radical (unpaired) electrons. The van der Waals surface area contributed by atoms with Crippen LogP contribution in [0.5, 0.6) is 0 Å². The van der Waals surface area contributed by atoms with Gasteiger partial charge < -0.3 is 20.9 Å². The molecule has 2 unspecified atom stereocenters. The second kappa shape index (κ2) is 7.17. The van der Waals surface area contributed by atoms with Crippen molar-refractivity contribution in [2.75, 3.05) is 19.7 Å². The first-order valence-electron chi connectivity index (χ1n) is 5.46. The fourth-order valence-corrected chi connectivity index (χ4v) is 1.50. The zero-order valence-electron chi connectivity index (χ0n) is 10.4. The highest BCUT2D eigenvalue weighted by Crippen LogP contribution is 2.25. The number of halogens is 1. The van der Waals surface area contributed by atoms with Gasteiger partial charge in [-0.1, -0.05) is 12.2 Å². The predicted octanol–water partition coefficient (Wildman–Crippen LogP) is 0.625. The summed E-state index contributed by atoms with van der Waals surface area (Å²) in [5.41, 5.74) is 5.75. The summed E-state index contributed by atoms with van der Waals surface area (Å²) in [5.74, 6) is 0.329. The maximum atomic E-state index is 10.2. The van der Waals surface area contributed by atoms with Crippen molar-refractivity contribution in [3.63, 3.8) is 0 Å². The second-order valence-electron chi connectivity index (χ2n) is 4.38. The van der Waals surface area contributed by atoms with Crippen molar-refractivity contribution in [2.24, 2.45) is 10.7 Å². The lowest BCUT2D eigenvalue weighted by atomic mass is 9.97. The molecule has 4 N–H and O–H groups in total. The van der Waals surface area contributed by atoms with Crippen LogP contribution in [0.4, 0.5) is 0 Å². The minimum Gasteiger partial charge on any atom is -0.385 e. The number of nitrogens with one attached hydrogen (secondary N) is 1. The van der Waals surface area contributed by atoms with Crippen LogP contribution in [-0.4, -0.2) is 42.5 Å². The fraction of sp³-hybridized carbons (Fsp3) is 0.727. The zero-order valence-corrected chi connectivity index (χ0v) is 12.7. The summed E-state index contributed by atoms with van der Waals surface area (Å²) < 4.78 is 5.30. The molecule has 1 rings (SSSR count). The maximum Gasteiger partial charge on any atom is 0.188 e. The van der Waals surface area contributed by atoms with E-state index >= 15 is 0 Å². The molecule has 0 aromatic heterocycles. The van der Waals surface area contributed by atoms with Gasteiger partial charge in [0.1, 0.15) is 5.60 Å². The summed E-state index contributed by atoms with van der Waals surface area (Å²) >= 11 is 0. The number of guanidine groups is 1. The van der Waals surface area contributed by atoms with Crippen molar-refractivity contribution in [3.05, 3.63) is 12.2 Å². The minimum absolute atomic E-state index is 0. The first-order valence-corrected chi connectivity index (χ1v) is 5.46. The molecule has 0 saturated carbocycles. The summed E-state index contributed by atoms with van der Waals surface area (Å²) in [6.07, 6.45) is 0.413. The molecule has 1 aliphatic heterocycles. The Morgan fingerprint density at radius 3 is 2.82 bits per heavy atom. The number of aliphatic imine (C=N–C) groups is 1. The van der Waals surface area contributed by atoms with Crippen LogP contribution in [0.1, 0.15) is 20.3 Å². The van der Waals surface area contributed by atoms with Crippen LogP contribution >= 0.6 is 24.0 Å². The number of aliphatic hydroxyl groups is 1. The molecule has 0 aliphatic carbocycles. The van der Waals surface area contributed by atoms with E-state index in [2.05, 4.69) is 16.9 Å². The molecule has 1 aliphatic rings. The van der Waals surface area contributed by atoms with Crippen molar-refractivity contribution in [3.8, 4) is 0 Å². The number of nitrogens with two attached hydrogens (primary N) is 1. The van der Waals surface area contributed by atoms with Crippen LogP contribution in [0.3, 0.4) is 0 Å². The van der Waals surface area contributed by atoms with Gasteiger partial charge in [-0.05, 0) is 13.8 Å². The molecule has 0 bridgehead atoms. The van der Waals surface area contributed by atoms with Crippen LogP contribution < -0.4 is 11.1 Å². The second-order valence-corrected chi connectivity index (χ2v) is 4.38. The molecule has 6 heteroatoms. The first kappa shape index (κ1) is 16.7. The summed E-state index contributed by atoms with van der Waals surface area (Å²) in [7, 11) is 0. The van der Waals surface area contributed by atoms with Crippen molar-refractivity contribution in [1.29, 1.82) is 0 Å². The van der Waals surface area contributed by atoms with E-state index in [9.17, 15) is 5.11 Å². The van der Waals surface area contributed by atoms with E-state index in [0.717, 1.165) is 5.57 Å². The van der Waals surface area contributed by atoms with E-state index in [4.69, 9.17) is 10.5 Å². The highest BCUT2D eigenvalue weighted by atomic mass is 127. The zero-order chi connectivity index (χ0) is 12.2. The van der Waals surface area contributed by atoms with Gasteiger partial charge in [-0.15, -0.1) is 24.0 Å². The summed E-state index contributed by atoms with van der Waals surface area (Å²) in [6.45, 7) is 8.94. The predicted molar refractivity (Wildman–Crippen MR) is 79.7 cm³/mol.